The minimum Gasteiger partial charge on any atom is -0.290 e. The Morgan fingerprint density at radius 3 is 2.62 bits per heavy atom. The summed E-state index contributed by atoms with van der Waals surface area (Å²) in [7, 11) is -4.28. The largest absolute Gasteiger partial charge is 0.461 e. The molecular formula is C3H5ClFO2P. The highest BCUT2D eigenvalue weighted by Gasteiger charge is 2.14. The van der Waals surface area contributed by atoms with Crippen molar-refractivity contribution in [2.75, 3.05) is 6.61 Å². The van der Waals surface area contributed by atoms with E-state index < -0.39 is 7.03 Å². The van der Waals surface area contributed by atoms with Crippen LogP contribution in [0.1, 0.15) is 0 Å². The summed E-state index contributed by atoms with van der Waals surface area (Å²) in [6.07, 6.45) is 1.26. The van der Waals surface area contributed by atoms with Crippen LogP contribution >= 0.6 is 18.3 Å². The summed E-state index contributed by atoms with van der Waals surface area (Å²) in [6.45, 7) is 3.06. The van der Waals surface area contributed by atoms with Crippen molar-refractivity contribution in [1.82, 2.24) is 0 Å². The quantitative estimate of drug-likeness (QED) is 0.466. The van der Waals surface area contributed by atoms with Crippen LogP contribution in [0, 0.1) is 0 Å². The maximum Gasteiger partial charge on any atom is 0.461 e. The fourth-order valence-electron chi connectivity index (χ4n) is 0.139. The molecule has 0 spiro atoms. The van der Waals surface area contributed by atoms with Gasteiger partial charge in [0.05, 0.1) is 6.61 Å². The lowest BCUT2D eigenvalue weighted by atomic mass is 10.7. The molecule has 8 heavy (non-hydrogen) atoms. The van der Waals surface area contributed by atoms with E-state index in [1.807, 2.05) is 0 Å². The van der Waals surface area contributed by atoms with Gasteiger partial charge in [-0.25, -0.2) is 4.57 Å². The van der Waals surface area contributed by atoms with Crippen LogP contribution in [0.15, 0.2) is 12.7 Å². The van der Waals surface area contributed by atoms with Crippen molar-refractivity contribution in [1.29, 1.82) is 0 Å². The summed E-state index contributed by atoms with van der Waals surface area (Å²) in [5.41, 5.74) is 0. The Hall–Kier alpha value is 0.150. The van der Waals surface area contributed by atoms with Crippen molar-refractivity contribution < 1.29 is 13.3 Å². The molecule has 0 saturated heterocycles. The molecule has 0 saturated carbocycles. The van der Waals surface area contributed by atoms with Gasteiger partial charge in [0.15, 0.2) is 0 Å². The first-order valence-electron chi connectivity index (χ1n) is 1.81. The maximum absolute atomic E-state index is 11.6. The topological polar surface area (TPSA) is 26.3 Å². The van der Waals surface area contributed by atoms with Crippen molar-refractivity contribution in [3.63, 3.8) is 0 Å². The Labute approximate surface area is 51.7 Å². The highest BCUT2D eigenvalue weighted by molar-refractivity contribution is 7.81. The second-order valence-corrected chi connectivity index (χ2v) is 3.30. The van der Waals surface area contributed by atoms with E-state index in [4.69, 9.17) is 0 Å². The number of hydrogen-bond acceptors (Lipinski definition) is 2. The molecule has 48 valence electrons. The van der Waals surface area contributed by atoms with Crippen molar-refractivity contribution in [2.45, 2.75) is 0 Å². The Morgan fingerprint density at radius 2 is 2.50 bits per heavy atom. The second kappa shape index (κ2) is 3.23. The summed E-state index contributed by atoms with van der Waals surface area (Å²) >= 11 is 4.53. The molecule has 0 aromatic carbocycles. The third-order valence-electron chi connectivity index (χ3n) is 0.343. The molecule has 0 aliphatic rings. The van der Waals surface area contributed by atoms with Gasteiger partial charge in [-0.2, -0.15) is 0 Å². The minimum absolute atomic E-state index is 0.128. The average Bonchev–Trinajstić information content (AvgIpc) is 1.59. The molecule has 0 aliphatic heterocycles. The zero-order chi connectivity index (χ0) is 6.62. The second-order valence-electron chi connectivity index (χ2n) is 0.999. The zero-order valence-corrected chi connectivity index (χ0v) is 5.66. The summed E-state index contributed by atoms with van der Waals surface area (Å²) in [5.74, 6) is 0. The van der Waals surface area contributed by atoms with E-state index in [0.29, 0.717) is 0 Å². The van der Waals surface area contributed by atoms with Gasteiger partial charge in [0.2, 0.25) is 0 Å². The van der Waals surface area contributed by atoms with Crippen LogP contribution in [-0.4, -0.2) is 6.61 Å². The van der Waals surface area contributed by atoms with E-state index in [1.54, 1.807) is 0 Å². The Bertz CT molecular complexity index is 120. The first-order valence-corrected chi connectivity index (χ1v) is 4.23. The van der Waals surface area contributed by atoms with Gasteiger partial charge in [-0.15, -0.1) is 10.8 Å². The molecular weight excluding hydrogens is 153 g/mol. The van der Waals surface area contributed by atoms with Crippen LogP contribution < -0.4 is 0 Å². The molecule has 0 aromatic heterocycles. The summed E-state index contributed by atoms with van der Waals surface area (Å²) in [6, 6.07) is 0. The van der Waals surface area contributed by atoms with E-state index >= 15 is 0 Å². The molecule has 0 aromatic rings. The maximum atomic E-state index is 11.6. The molecule has 2 nitrogen and oxygen atoms in total. The fourth-order valence-corrected chi connectivity index (χ4v) is 0.587. The van der Waals surface area contributed by atoms with Crippen LogP contribution in [0.25, 0.3) is 0 Å². The molecule has 0 aliphatic carbocycles. The lowest BCUT2D eigenvalue weighted by Gasteiger charge is -1.95. The lowest BCUT2D eigenvalue weighted by molar-refractivity contribution is 0.336. The third kappa shape index (κ3) is 6.15. The van der Waals surface area contributed by atoms with E-state index in [2.05, 4.69) is 22.3 Å². The standard InChI is InChI=1S/C3H5ClFO2P/c1-2-3-7-8(4,5)6/h2H,1,3H2. The molecule has 0 N–H and O–H groups in total. The Balaban J connectivity index is 3.40. The average molecular weight is 158 g/mol. The molecule has 1 unspecified atom stereocenters. The van der Waals surface area contributed by atoms with Gasteiger partial charge < -0.3 is 0 Å². The van der Waals surface area contributed by atoms with Gasteiger partial charge in [0.25, 0.3) is 0 Å². The molecule has 0 amide bonds. The van der Waals surface area contributed by atoms with Crippen molar-refractivity contribution in [3.05, 3.63) is 12.7 Å². The minimum atomic E-state index is -4.28. The lowest BCUT2D eigenvalue weighted by Crippen LogP contribution is -1.77. The smallest absolute Gasteiger partial charge is 0.290 e. The van der Waals surface area contributed by atoms with Crippen LogP contribution in [0.5, 0.6) is 0 Å². The molecule has 0 fully saturated rings. The first kappa shape index (κ1) is 8.15. The SMILES string of the molecule is C=CCOP(=O)(F)Cl. The number of rotatable bonds is 3. The predicted octanol–water partition coefficient (Wildman–Crippen LogP) is 2.51. The van der Waals surface area contributed by atoms with Crippen molar-refractivity contribution >= 4 is 18.3 Å². The van der Waals surface area contributed by atoms with E-state index in [0.717, 1.165) is 0 Å². The molecule has 5 heteroatoms. The number of hydrogen-bond donors (Lipinski definition) is 0. The van der Waals surface area contributed by atoms with Crippen LogP contribution in [0.3, 0.4) is 0 Å². The highest BCUT2D eigenvalue weighted by atomic mass is 35.7. The van der Waals surface area contributed by atoms with Crippen LogP contribution in [0.4, 0.5) is 4.20 Å². The van der Waals surface area contributed by atoms with Gasteiger partial charge in [0, 0.05) is 11.2 Å². The normalized spacial score (nSPS) is 17.2. The first-order chi connectivity index (χ1) is 3.56. The molecule has 0 bridgehead atoms. The van der Waals surface area contributed by atoms with Gasteiger partial charge >= 0.3 is 7.03 Å². The Morgan fingerprint density at radius 1 is 2.00 bits per heavy atom. The van der Waals surface area contributed by atoms with Gasteiger partial charge in [0.1, 0.15) is 0 Å². The van der Waals surface area contributed by atoms with Crippen LogP contribution in [0.2, 0.25) is 0 Å². The van der Waals surface area contributed by atoms with Gasteiger partial charge in [-0.3, -0.25) is 4.52 Å². The summed E-state index contributed by atoms with van der Waals surface area (Å²) < 4.78 is 25.3. The highest BCUT2D eigenvalue weighted by Crippen LogP contribution is 2.53. The summed E-state index contributed by atoms with van der Waals surface area (Å²) in [4.78, 5) is 0. The van der Waals surface area contributed by atoms with E-state index in [9.17, 15) is 8.76 Å². The van der Waals surface area contributed by atoms with Crippen molar-refractivity contribution in [3.8, 4) is 0 Å². The molecule has 0 rings (SSSR count). The van der Waals surface area contributed by atoms with Crippen LogP contribution in [-0.2, 0) is 9.09 Å². The molecule has 0 heterocycles. The van der Waals surface area contributed by atoms with E-state index in [-0.39, 0.29) is 6.61 Å². The van der Waals surface area contributed by atoms with Crippen molar-refractivity contribution in [2.24, 2.45) is 0 Å². The van der Waals surface area contributed by atoms with Gasteiger partial charge in [-0.05, 0) is 0 Å². The summed E-state index contributed by atoms with van der Waals surface area (Å²) in [5, 5.41) is 0. The molecule has 1 atom stereocenters. The monoisotopic (exact) mass is 158 g/mol. The van der Waals surface area contributed by atoms with E-state index in [1.165, 1.54) is 6.08 Å². The number of halogens is 2. The third-order valence-corrected chi connectivity index (χ3v) is 1.09. The predicted molar refractivity (Wildman–Crippen MR) is 30.7 cm³/mol. The zero-order valence-electron chi connectivity index (χ0n) is 4.01. The Kier molecular flexibility index (Phi) is 3.29. The molecule has 0 radical (unpaired) electrons. The van der Waals surface area contributed by atoms with Gasteiger partial charge in [-0.1, -0.05) is 6.08 Å². The fraction of sp³-hybridized carbons (Fsp3) is 0.333.